The molecule has 0 aliphatic heterocycles. The van der Waals surface area contributed by atoms with Crippen LogP contribution in [0.4, 0.5) is 10.1 Å². The van der Waals surface area contributed by atoms with Gasteiger partial charge < -0.3 is 10.2 Å². The van der Waals surface area contributed by atoms with Crippen LogP contribution in [0, 0.1) is 18.7 Å². The quantitative estimate of drug-likeness (QED) is 0.869. The highest BCUT2D eigenvalue weighted by molar-refractivity contribution is 5.57. The van der Waals surface area contributed by atoms with E-state index in [0.717, 1.165) is 11.3 Å². The lowest BCUT2D eigenvalue weighted by atomic mass is 9.99. The van der Waals surface area contributed by atoms with Gasteiger partial charge in [0.2, 0.25) is 0 Å². The molecule has 0 saturated carbocycles. The highest BCUT2D eigenvalue weighted by atomic mass is 19.1. The van der Waals surface area contributed by atoms with Gasteiger partial charge in [-0.2, -0.15) is 0 Å². The second-order valence-electron chi connectivity index (χ2n) is 5.77. The van der Waals surface area contributed by atoms with E-state index in [2.05, 4.69) is 45.0 Å². The molecule has 0 aliphatic carbocycles. The number of aryl methyl sites for hydroxylation is 1. The largest absolute Gasteiger partial charge is 0.371 e. The van der Waals surface area contributed by atoms with E-state index < -0.39 is 0 Å². The van der Waals surface area contributed by atoms with E-state index >= 15 is 0 Å². The summed E-state index contributed by atoms with van der Waals surface area (Å²) >= 11 is 0. The molecule has 2 atom stereocenters. The van der Waals surface area contributed by atoms with Crippen LogP contribution < -0.4 is 10.2 Å². The summed E-state index contributed by atoms with van der Waals surface area (Å²) in [5.74, 6) is 0.416. The normalized spacial score (nSPS) is 14.6. The first-order valence-electron chi connectivity index (χ1n) is 6.99. The Hall–Kier alpha value is -1.09. The van der Waals surface area contributed by atoms with Crippen molar-refractivity contribution in [1.82, 2.24) is 5.32 Å². The molecule has 0 bridgehead atoms. The Labute approximate surface area is 117 Å². The molecule has 0 radical (unpaired) electrons. The van der Waals surface area contributed by atoms with Crippen LogP contribution in [-0.4, -0.2) is 20.1 Å². The Morgan fingerprint density at radius 3 is 2.21 bits per heavy atom. The smallest absolute Gasteiger partial charge is 0.126 e. The molecule has 0 saturated heterocycles. The van der Waals surface area contributed by atoms with Crippen LogP contribution in [0.5, 0.6) is 0 Å². The summed E-state index contributed by atoms with van der Waals surface area (Å²) in [6, 6.07) is 4.16. The number of hydrogen-bond acceptors (Lipinski definition) is 2. The van der Waals surface area contributed by atoms with Crippen LogP contribution in [0.25, 0.3) is 0 Å². The summed E-state index contributed by atoms with van der Waals surface area (Å²) in [7, 11) is 3.99. The number of halogens is 1. The number of anilines is 1. The van der Waals surface area contributed by atoms with Crippen LogP contribution in [-0.2, 0) is 0 Å². The molecule has 1 rings (SSSR count). The molecule has 108 valence electrons. The first-order chi connectivity index (χ1) is 8.79. The minimum absolute atomic E-state index is 0.131. The molecule has 2 nitrogen and oxygen atoms in total. The van der Waals surface area contributed by atoms with Crippen molar-refractivity contribution >= 4 is 5.69 Å². The van der Waals surface area contributed by atoms with E-state index in [0.29, 0.717) is 17.5 Å². The number of rotatable bonds is 5. The Morgan fingerprint density at radius 1 is 1.16 bits per heavy atom. The average Bonchev–Trinajstić information content (AvgIpc) is 2.38. The Bertz CT molecular complexity index is 429. The number of nitrogens with one attached hydrogen (secondary N) is 1. The van der Waals surface area contributed by atoms with Gasteiger partial charge in [0.05, 0.1) is 0 Å². The van der Waals surface area contributed by atoms with Gasteiger partial charge in [0.25, 0.3) is 0 Å². The Balaban J connectivity index is 3.28. The van der Waals surface area contributed by atoms with Gasteiger partial charge in [-0.15, -0.1) is 0 Å². The molecule has 0 aliphatic rings. The van der Waals surface area contributed by atoms with Crippen molar-refractivity contribution < 1.29 is 4.39 Å². The van der Waals surface area contributed by atoms with Crippen molar-refractivity contribution in [3.05, 3.63) is 29.1 Å². The maximum atomic E-state index is 13.8. The van der Waals surface area contributed by atoms with Gasteiger partial charge in [-0.05, 0) is 57.0 Å². The fraction of sp³-hybridized carbons (Fsp3) is 0.625. The molecular formula is C16H27FN2. The molecule has 0 aromatic heterocycles. The van der Waals surface area contributed by atoms with Gasteiger partial charge in [0.1, 0.15) is 5.82 Å². The summed E-state index contributed by atoms with van der Waals surface area (Å²) in [6.07, 6.45) is 0. The average molecular weight is 266 g/mol. The number of nitrogens with zero attached hydrogens (tertiary/aromatic N) is 1. The summed E-state index contributed by atoms with van der Waals surface area (Å²) in [6.45, 7) is 10.5. The fourth-order valence-corrected chi connectivity index (χ4v) is 2.16. The summed E-state index contributed by atoms with van der Waals surface area (Å²) in [4.78, 5) is 2.25. The molecule has 0 spiro atoms. The SMILES string of the molecule is CNC(C)c1cc(F)c(C)cc1N(C)C(C)C(C)C. The maximum absolute atomic E-state index is 13.8. The third-order valence-electron chi connectivity index (χ3n) is 4.16. The lowest BCUT2D eigenvalue weighted by molar-refractivity contribution is 0.502. The molecule has 19 heavy (non-hydrogen) atoms. The molecular weight excluding hydrogens is 239 g/mol. The molecule has 1 aromatic rings. The molecule has 1 aromatic carbocycles. The van der Waals surface area contributed by atoms with E-state index in [1.807, 2.05) is 20.0 Å². The third-order valence-corrected chi connectivity index (χ3v) is 4.16. The Kier molecular flexibility index (Phi) is 5.36. The van der Waals surface area contributed by atoms with Gasteiger partial charge in [-0.25, -0.2) is 4.39 Å². The van der Waals surface area contributed by atoms with Gasteiger partial charge in [0, 0.05) is 24.8 Å². The first kappa shape index (κ1) is 16.0. The van der Waals surface area contributed by atoms with E-state index in [1.165, 1.54) is 0 Å². The highest BCUT2D eigenvalue weighted by Crippen LogP contribution is 2.30. The standard InChI is InChI=1S/C16H27FN2/c1-10(2)13(5)19(7)16-8-11(3)15(17)9-14(16)12(4)18-6/h8-10,12-13,18H,1-7H3. The molecule has 0 fully saturated rings. The summed E-state index contributed by atoms with van der Waals surface area (Å²) in [5, 5.41) is 3.20. The zero-order chi connectivity index (χ0) is 14.7. The topological polar surface area (TPSA) is 15.3 Å². The maximum Gasteiger partial charge on any atom is 0.126 e. The van der Waals surface area contributed by atoms with E-state index in [1.54, 1.807) is 6.07 Å². The first-order valence-corrected chi connectivity index (χ1v) is 6.99. The zero-order valence-electron chi connectivity index (χ0n) is 13.2. The van der Waals surface area contributed by atoms with Gasteiger partial charge >= 0.3 is 0 Å². The van der Waals surface area contributed by atoms with Crippen LogP contribution in [0.3, 0.4) is 0 Å². The van der Waals surface area contributed by atoms with Gasteiger partial charge in [0.15, 0.2) is 0 Å². The highest BCUT2D eigenvalue weighted by Gasteiger charge is 2.20. The second kappa shape index (κ2) is 6.38. The third kappa shape index (κ3) is 3.47. The van der Waals surface area contributed by atoms with E-state index in [-0.39, 0.29) is 11.9 Å². The van der Waals surface area contributed by atoms with Crippen molar-refractivity contribution in [2.24, 2.45) is 5.92 Å². The number of benzene rings is 1. The van der Waals surface area contributed by atoms with E-state index in [9.17, 15) is 4.39 Å². The van der Waals surface area contributed by atoms with Crippen LogP contribution in [0.1, 0.15) is 44.9 Å². The molecule has 2 unspecified atom stereocenters. The molecule has 1 N–H and O–H groups in total. The predicted molar refractivity (Wildman–Crippen MR) is 81.3 cm³/mol. The van der Waals surface area contributed by atoms with Crippen molar-refractivity contribution in [2.45, 2.75) is 46.7 Å². The summed E-state index contributed by atoms with van der Waals surface area (Å²) < 4.78 is 13.8. The van der Waals surface area contributed by atoms with Crippen molar-refractivity contribution in [1.29, 1.82) is 0 Å². The summed E-state index contributed by atoms with van der Waals surface area (Å²) in [5.41, 5.74) is 2.83. The van der Waals surface area contributed by atoms with E-state index in [4.69, 9.17) is 0 Å². The zero-order valence-corrected chi connectivity index (χ0v) is 13.2. The molecule has 3 heteroatoms. The van der Waals surface area contributed by atoms with Gasteiger partial charge in [-0.3, -0.25) is 0 Å². The minimum Gasteiger partial charge on any atom is -0.371 e. The van der Waals surface area contributed by atoms with Crippen molar-refractivity contribution in [3.8, 4) is 0 Å². The number of hydrogen-bond donors (Lipinski definition) is 1. The lowest BCUT2D eigenvalue weighted by Crippen LogP contribution is -2.34. The second-order valence-corrected chi connectivity index (χ2v) is 5.77. The predicted octanol–water partition coefficient (Wildman–Crippen LogP) is 3.90. The molecule has 0 heterocycles. The van der Waals surface area contributed by atoms with Gasteiger partial charge in [-0.1, -0.05) is 13.8 Å². The van der Waals surface area contributed by atoms with Crippen molar-refractivity contribution in [3.63, 3.8) is 0 Å². The lowest BCUT2D eigenvalue weighted by Gasteiger charge is -2.33. The Morgan fingerprint density at radius 2 is 1.74 bits per heavy atom. The monoisotopic (exact) mass is 266 g/mol. The van der Waals surface area contributed by atoms with Crippen LogP contribution >= 0.6 is 0 Å². The molecule has 0 amide bonds. The van der Waals surface area contributed by atoms with Crippen LogP contribution in [0.15, 0.2) is 12.1 Å². The fourth-order valence-electron chi connectivity index (χ4n) is 2.16. The van der Waals surface area contributed by atoms with Crippen LogP contribution in [0.2, 0.25) is 0 Å². The minimum atomic E-state index is -0.133. The van der Waals surface area contributed by atoms with Crippen molar-refractivity contribution in [2.75, 3.05) is 19.0 Å².